The maximum atomic E-state index is 13.1. The molecule has 2 aromatic heterocycles. The number of nitrogens with one attached hydrogen (secondary N) is 3. The fourth-order valence-electron chi connectivity index (χ4n) is 3.68. The zero-order chi connectivity index (χ0) is 20.5. The number of carbonyl (C=O) groups is 1. The van der Waals surface area contributed by atoms with E-state index >= 15 is 0 Å². The van der Waals surface area contributed by atoms with Gasteiger partial charge in [0.25, 0.3) is 11.5 Å². The molecule has 3 heterocycles. The third-order valence-electron chi connectivity index (χ3n) is 5.16. The summed E-state index contributed by atoms with van der Waals surface area (Å²) in [5.74, 6) is -0.372. The second-order valence-corrected chi connectivity index (χ2v) is 7.24. The van der Waals surface area contributed by atoms with E-state index in [1.54, 1.807) is 19.1 Å². The predicted octanol–water partition coefficient (Wildman–Crippen LogP) is 1.32. The minimum absolute atomic E-state index is 0.0900. The molecular formula is C20H20FN5O3. The Balaban J connectivity index is 1.43. The second-order valence-electron chi connectivity index (χ2n) is 7.24. The van der Waals surface area contributed by atoms with Gasteiger partial charge in [0.2, 0.25) is 0 Å². The van der Waals surface area contributed by atoms with Gasteiger partial charge in [-0.2, -0.15) is 0 Å². The number of pyridine rings is 1. The molecule has 1 unspecified atom stereocenters. The molecule has 0 aliphatic carbocycles. The normalized spacial score (nSPS) is 16.3. The molecule has 9 heteroatoms. The van der Waals surface area contributed by atoms with Gasteiger partial charge in [-0.1, -0.05) is 0 Å². The number of halogens is 1. The molecule has 0 radical (unpaired) electrons. The summed E-state index contributed by atoms with van der Waals surface area (Å²) in [5, 5.41) is 3.13. The number of fused-ring (bicyclic) bond motifs is 1. The average Bonchev–Trinajstić information content (AvgIpc) is 3.14. The fourth-order valence-corrected chi connectivity index (χ4v) is 3.68. The van der Waals surface area contributed by atoms with Crippen molar-refractivity contribution in [3.63, 3.8) is 0 Å². The van der Waals surface area contributed by atoms with Gasteiger partial charge in [0.05, 0.1) is 5.39 Å². The molecule has 1 amide bonds. The van der Waals surface area contributed by atoms with Crippen LogP contribution in [0.25, 0.3) is 11.0 Å². The number of aromatic amines is 2. The van der Waals surface area contributed by atoms with Crippen molar-refractivity contribution in [1.29, 1.82) is 0 Å². The molecule has 0 spiro atoms. The lowest BCUT2D eigenvalue weighted by Gasteiger charge is -2.18. The van der Waals surface area contributed by atoms with Crippen LogP contribution in [0.1, 0.15) is 22.5 Å². The zero-order valence-electron chi connectivity index (χ0n) is 15.8. The highest BCUT2D eigenvalue weighted by Crippen LogP contribution is 2.23. The summed E-state index contributed by atoms with van der Waals surface area (Å²) < 4.78 is 13.1. The molecule has 3 aromatic rings. The van der Waals surface area contributed by atoms with Gasteiger partial charge in [0, 0.05) is 25.3 Å². The quantitative estimate of drug-likeness (QED) is 0.615. The number of rotatable bonds is 4. The third-order valence-corrected chi connectivity index (χ3v) is 5.16. The summed E-state index contributed by atoms with van der Waals surface area (Å²) in [4.78, 5) is 46.9. The van der Waals surface area contributed by atoms with Gasteiger partial charge in [-0.05, 0) is 55.2 Å². The maximum Gasteiger partial charge on any atom is 0.327 e. The minimum Gasteiger partial charge on any atom is -0.371 e. The van der Waals surface area contributed by atoms with Crippen molar-refractivity contribution in [2.45, 2.75) is 13.3 Å². The van der Waals surface area contributed by atoms with Crippen molar-refractivity contribution >= 4 is 22.6 Å². The Morgan fingerprint density at radius 2 is 2.03 bits per heavy atom. The Kier molecular flexibility index (Phi) is 4.87. The summed E-state index contributed by atoms with van der Waals surface area (Å²) in [6.07, 6.45) is 0.907. The van der Waals surface area contributed by atoms with Crippen molar-refractivity contribution in [1.82, 2.24) is 20.3 Å². The van der Waals surface area contributed by atoms with Gasteiger partial charge in [-0.25, -0.2) is 14.2 Å². The SMILES string of the molecule is Cc1cc(C(=O)NCC2CCN(c3ccc(F)cc3)C2)nc2[nH]c(=O)[nH]c(=O)c12. The topological polar surface area (TPSA) is 111 Å². The van der Waals surface area contributed by atoms with Gasteiger partial charge in [0.15, 0.2) is 0 Å². The fraction of sp³-hybridized carbons (Fsp3) is 0.300. The highest BCUT2D eigenvalue weighted by molar-refractivity contribution is 5.95. The number of carbonyl (C=O) groups excluding carboxylic acids is 1. The second kappa shape index (κ2) is 7.50. The highest BCUT2D eigenvalue weighted by atomic mass is 19.1. The van der Waals surface area contributed by atoms with E-state index in [1.165, 1.54) is 18.2 Å². The van der Waals surface area contributed by atoms with Crippen LogP contribution in [0.4, 0.5) is 10.1 Å². The number of nitrogens with zero attached hydrogens (tertiary/aromatic N) is 2. The van der Waals surface area contributed by atoms with Crippen LogP contribution < -0.4 is 21.5 Å². The molecule has 1 saturated heterocycles. The van der Waals surface area contributed by atoms with Crippen LogP contribution in [-0.4, -0.2) is 40.5 Å². The van der Waals surface area contributed by atoms with E-state index in [4.69, 9.17) is 0 Å². The molecule has 4 rings (SSSR count). The molecule has 29 heavy (non-hydrogen) atoms. The molecule has 1 aromatic carbocycles. The monoisotopic (exact) mass is 397 g/mol. The smallest absolute Gasteiger partial charge is 0.327 e. The number of aromatic nitrogens is 3. The van der Waals surface area contributed by atoms with E-state index in [0.717, 1.165) is 25.2 Å². The van der Waals surface area contributed by atoms with Crippen LogP contribution in [0, 0.1) is 18.7 Å². The van der Waals surface area contributed by atoms with Gasteiger partial charge in [-0.15, -0.1) is 0 Å². The first kappa shape index (κ1) is 18.9. The maximum absolute atomic E-state index is 13.1. The lowest BCUT2D eigenvalue weighted by atomic mass is 10.1. The van der Waals surface area contributed by atoms with Gasteiger partial charge >= 0.3 is 5.69 Å². The number of amides is 1. The van der Waals surface area contributed by atoms with Crippen LogP contribution in [0.3, 0.4) is 0 Å². The van der Waals surface area contributed by atoms with Crippen LogP contribution in [0.5, 0.6) is 0 Å². The summed E-state index contributed by atoms with van der Waals surface area (Å²) in [6, 6.07) is 7.91. The van der Waals surface area contributed by atoms with Crippen LogP contribution >= 0.6 is 0 Å². The molecule has 0 saturated carbocycles. The van der Waals surface area contributed by atoms with E-state index in [2.05, 4.69) is 25.2 Å². The molecule has 8 nitrogen and oxygen atoms in total. The Morgan fingerprint density at radius 1 is 1.28 bits per heavy atom. The molecule has 0 bridgehead atoms. The number of benzene rings is 1. The minimum atomic E-state index is -0.668. The van der Waals surface area contributed by atoms with Crippen molar-refractivity contribution < 1.29 is 9.18 Å². The van der Waals surface area contributed by atoms with Crippen molar-refractivity contribution in [3.8, 4) is 0 Å². The van der Waals surface area contributed by atoms with Crippen molar-refractivity contribution in [3.05, 3.63) is 68.2 Å². The van der Waals surface area contributed by atoms with Crippen LogP contribution in [-0.2, 0) is 0 Å². The lowest BCUT2D eigenvalue weighted by molar-refractivity contribution is 0.0943. The number of anilines is 1. The molecule has 3 N–H and O–H groups in total. The van der Waals surface area contributed by atoms with Crippen molar-refractivity contribution in [2.75, 3.05) is 24.5 Å². The molecular weight excluding hydrogens is 377 g/mol. The van der Waals surface area contributed by atoms with Crippen LogP contribution in [0.15, 0.2) is 39.9 Å². The van der Waals surface area contributed by atoms with Gasteiger partial charge < -0.3 is 10.2 Å². The Morgan fingerprint density at radius 3 is 2.79 bits per heavy atom. The highest BCUT2D eigenvalue weighted by Gasteiger charge is 2.23. The molecule has 1 aliphatic heterocycles. The summed E-state index contributed by atoms with van der Waals surface area (Å²) in [6.45, 7) is 3.76. The van der Waals surface area contributed by atoms with E-state index in [-0.39, 0.29) is 34.4 Å². The van der Waals surface area contributed by atoms with E-state index in [0.29, 0.717) is 12.1 Å². The van der Waals surface area contributed by atoms with Gasteiger partial charge in [-0.3, -0.25) is 19.6 Å². The first-order chi connectivity index (χ1) is 13.9. The average molecular weight is 397 g/mol. The zero-order valence-corrected chi connectivity index (χ0v) is 15.8. The predicted molar refractivity (Wildman–Crippen MR) is 107 cm³/mol. The molecule has 150 valence electrons. The number of aryl methyl sites for hydroxylation is 1. The van der Waals surface area contributed by atoms with E-state index in [1.807, 2.05) is 0 Å². The first-order valence-electron chi connectivity index (χ1n) is 9.33. The molecule has 1 atom stereocenters. The van der Waals surface area contributed by atoms with Gasteiger partial charge in [0.1, 0.15) is 17.2 Å². The summed E-state index contributed by atoms with van der Waals surface area (Å²) >= 11 is 0. The summed E-state index contributed by atoms with van der Waals surface area (Å²) in [5.41, 5.74) is 0.547. The molecule has 1 fully saturated rings. The Bertz CT molecular complexity index is 1190. The van der Waals surface area contributed by atoms with E-state index < -0.39 is 11.2 Å². The Hall–Kier alpha value is -3.49. The largest absolute Gasteiger partial charge is 0.371 e. The van der Waals surface area contributed by atoms with E-state index in [9.17, 15) is 18.8 Å². The number of H-pyrrole nitrogens is 2. The van der Waals surface area contributed by atoms with Crippen LogP contribution in [0.2, 0.25) is 0 Å². The first-order valence-corrected chi connectivity index (χ1v) is 9.33. The lowest BCUT2D eigenvalue weighted by Crippen LogP contribution is -2.32. The number of hydrogen-bond donors (Lipinski definition) is 3. The third kappa shape index (κ3) is 3.89. The number of hydrogen-bond acceptors (Lipinski definition) is 5. The Labute approximate surface area is 164 Å². The van der Waals surface area contributed by atoms with Crippen molar-refractivity contribution in [2.24, 2.45) is 5.92 Å². The summed E-state index contributed by atoms with van der Waals surface area (Å²) in [7, 11) is 0. The molecule has 1 aliphatic rings. The standard InChI is InChI=1S/C20H20FN5O3/c1-11-8-15(23-17-16(11)19(28)25-20(29)24-17)18(27)22-9-12-6-7-26(10-12)14-4-2-13(21)3-5-14/h2-5,8,12H,6-7,9-10H2,1H3,(H,22,27)(H2,23,24,25,28,29).